The molecule has 2 atom stereocenters. The third-order valence-corrected chi connectivity index (χ3v) is 2.18. The molecule has 6 nitrogen and oxygen atoms in total. The molecule has 0 aromatic carbocycles. The minimum absolute atomic E-state index is 0.159. The van der Waals surface area contributed by atoms with Crippen molar-refractivity contribution in [3.8, 4) is 0 Å². The molecule has 0 saturated heterocycles. The topological polar surface area (TPSA) is 94.4 Å². The second-order valence-corrected chi connectivity index (χ2v) is 3.42. The summed E-state index contributed by atoms with van der Waals surface area (Å²) in [6.07, 6.45) is 1.62. The van der Waals surface area contributed by atoms with Crippen LogP contribution in [0.3, 0.4) is 0 Å². The monoisotopic (exact) mass is 215 g/mol. The summed E-state index contributed by atoms with van der Waals surface area (Å²) in [6, 6.07) is -0.567. The predicted octanol–water partition coefficient (Wildman–Crippen LogP) is 0.0292. The number of rotatable bonds is 6. The first-order valence-electron chi connectivity index (χ1n) is 4.89. The van der Waals surface area contributed by atoms with Crippen molar-refractivity contribution in [1.82, 2.24) is 10.1 Å². The van der Waals surface area contributed by atoms with Crippen molar-refractivity contribution in [2.24, 2.45) is 5.73 Å². The number of methoxy groups -OCH3 is 1. The van der Waals surface area contributed by atoms with Gasteiger partial charge in [-0.1, -0.05) is 5.16 Å². The van der Waals surface area contributed by atoms with Gasteiger partial charge in [0.25, 0.3) is 0 Å². The molecule has 0 saturated carbocycles. The van der Waals surface area contributed by atoms with E-state index >= 15 is 0 Å². The van der Waals surface area contributed by atoms with Gasteiger partial charge in [-0.25, -0.2) is 0 Å². The van der Waals surface area contributed by atoms with Gasteiger partial charge in [-0.3, -0.25) is 0 Å². The fraction of sp³-hybridized carbons (Fsp3) is 0.778. The first kappa shape index (κ1) is 12.1. The molecule has 1 heterocycles. The SMILES string of the molecule is COC(C)CCc1nc(C(N)CO)no1. The van der Waals surface area contributed by atoms with Gasteiger partial charge in [0.2, 0.25) is 5.89 Å². The van der Waals surface area contributed by atoms with Gasteiger partial charge in [-0.15, -0.1) is 0 Å². The molecule has 2 unspecified atom stereocenters. The van der Waals surface area contributed by atoms with Crippen molar-refractivity contribution in [2.45, 2.75) is 31.9 Å². The Morgan fingerprint density at radius 3 is 2.93 bits per heavy atom. The Balaban J connectivity index is 2.46. The lowest BCUT2D eigenvalue weighted by atomic mass is 10.2. The molecule has 0 spiro atoms. The summed E-state index contributed by atoms with van der Waals surface area (Å²) in [6.45, 7) is 1.78. The lowest BCUT2D eigenvalue weighted by Gasteiger charge is -2.05. The second kappa shape index (κ2) is 5.79. The molecule has 15 heavy (non-hydrogen) atoms. The molecule has 0 amide bonds. The summed E-state index contributed by atoms with van der Waals surface area (Å²) in [5.41, 5.74) is 5.53. The van der Waals surface area contributed by atoms with E-state index < -0.39 is 6.04 Å². The number of aromatic nitrogens is 2. The van der Waals surface area contributed by atoms with Crippen LogP contribution in [0.2, 0.25) is 0 Å². The zero-order chi connectivity index (χ0) is 11.3. The molecule has 6 heteroatoms. The molecule has 1 aromatic heterocycles. The minimum Gasteiger partial charge on any atom is -0.394 e. The quantitative estimate of drug-likeness (QED) is 0.695. The van der Waals surface area contributed by atoms with Gasteiger partial charge in [-0.2, -0.15) is 4.98 Å². The number of nitrogens with zero attached hydrogens (tertiary/aromatic N) is 2. The average Bonchev–Trinajstić information content (AvgIpc) is 2.73. The first-order chi connectivity index (χ1) is 7.17. The van der Waals surface area contributed by atoms with Crippen LogP contribution in [-0.4, -0.2) is 35.1 Å². The summed E-state index contributed by atoms with van der Waals surface area (Å²) < 4.78 is 10.1. The van der Waals surface area contributed by atoms with E-state index in [0.29, 0.717) is 18.1 Å². The van der Waals surface area contributed by atoms with Crippen LogP contribution < -0.4 is 5.73 Å². The average molecular weight is 215 g/mol. The summed E-state index contributed by atoms with van der Waals surface area (Å²) in [5, 5.41) is 12.5. The van der Waals surface area contributed by atoms with E-state index in [-0.39, 0.29) is 12.7 Å². The molecule has 0 fully saturated rings. The van der Waals surface area contributed by atoms with Gasteiger partial charge in [0.05, 0.1) is 18.8 Å². The molecular weight excluding hydrogens is 198 g/mol. The van der Waals surface area contributed by atoms with E-state index in [1.54, 1.807) is 7.11 Å². The fourth-order valence-corrected chi connectivity index (χ4v) is 1.05. The Bertz CT molecular complexity index is 290. The maximum absolute atomic E-state index is 8.79. The van der Waals surface area contributed by atoms with Crippen molar-refractivity contribution in [3.05, 3.63) is 11.7 Å². The number of aliphatic hydroxyl groups is 1. The van der Waals surface area contributed by atoms with Crippen LogP contribution in [0.5, 0.6) is 0 Å². The van der Waals surface area contributed by atoms with Crippen LogP contribution in [0.25, 0.3) is 0 Å². The van der Waals surface area contributed by atoms with Gasteiger partial charge < -0.3 is 20.1 Å². The Hall–Kier alpha value is -0.980. The van der Waals surface area contributed by atoms with E-state index in [1.807, 2.05) is 6.92 Å². The molecule has 1 aromatic rings. The predicted molar refractivity (Wildman–Crippen MR) is 53.1 cm³/mol. The number of aryl methyl sites for hydroxylation is 1. The Labute approximate surface area is 88.4 Å². The van der Waals surface area contributed by atoms with Crippen LogP contribution in [0.15, 0.2) is 4.52 Å². The van der Waals surface area contributed by atoms with Crippen molar-refractivity contribution in [2.75, 3.05) is 13.7 Å². The number of hydrogen-bond acceptors (Lipinski definition) is 6. The maximum Gasteiger partial charge on any atom is 0.226 e. The normalized spacial score (nSPS) is 15.2. The molecule has 0 bridgehead atoms. The molecule has 0 aliphatic rings. The molecule has 86 valence electrons. The summed E-state index contributed by atoms with van der Waals surface area (Å²) in [4.78, 5) is 4.07. The largest absolute Gasteiger partial charge is 0.394 e. The van der Waals surface area contributed by atoms with Gasteiger partial charge in [0, 0.05) is 13.5 Å². The lowest BCUT2D eigenvalue weighted by Crippen LogP contribution is -2.16. The number of hydrogen-bond donors (Lipinski definition) is 2. The van der Waals surface area contributed by atoms with E-state index in [9.17, 15) is 0 Å². The smallest absolute Gasteiger partial charge is 0.226 e. The maximum atomic E-state index is 8.79. The number of aliphatic hydroxyl groups excluding tert-OH is 1. The molecular formula is C9H17N3O3. The Morgan fingerprint density at radius 1 is 1.60 bits per heavy atom. The van der Waals surface area contributed by atoms with Crippen molar-refractivity contribution < 1.29 is 14.4 Å². The molecule has 3 N–H and O–H groups in total. The molecule has 0 aliphatic heterocycles. The van der Waals surface area contributed by atoms with Crippen LogP contribution >= 0.6 is 0 Å². The van der Waals surface area contributed by atoms with Crippen LogP contribution in [0.4, 0.5) is 0 Å². The third-order valence-electron chi connectivity index (χ3n) is 2.18. The van der Waals surface area contributed by atoms with E-state index in [4.69, 9.17) is 20.1 Å². The summed E-state index contributed by atoms with van der Waals surface area (Å²) in [5.74, 6) is 0.871. The van der Waals surface area contributed by atoms with Gasteiger partial charge >= 0.3 is 0 Å². The third kappa shape index (κ3) is 3.58. The highest BCUT2D eigenvalue weighted by Crippen LogP contribution is 2.08. The first-order valence-corrected chi connectivity index (χ1v) is 4.89. The molecule has 0 aliphatic carbocycles. The van der Waals surface area contributed by atoms with E-state index in [0.717, 1.165) is 6.42 Å². The highest BCUT2D eigenvalue weighted by molar-refractivity contribution is 4.92. The van der Waals surface area contributed by atoms with Gasteiger partial charge in [-0.05, 0) is 13.3 Å². The number of nitrogens with two attached hydrogens (primary N) is 1. The second-order valence-electron chi connectivity index (χ2n) is 3.42. The van der Waals surface area contributed by atoms with Crippen LogP contribution in [0, 0.1) is 0 Å². The van der Waals surface area contributed by atoms with Gasteiger partial charge in [0.1, 0.15) is 0 Å². The zero-order valence-corrected chi connectivity index (χ0v) is 9.01. The standard InChI is InChI=1S/C9H17N3O3/c1-6(14-2)3-4-8-11-9(12-15-8)7(10)5-13/h6-7,13H,3-5,10H2,1-2H3. The molecule has 1 rings (SSSR count). The van der Waals surface area contributed by atoms with Crippen molar-refractivity contribution in [1.29, 1.82) is 0 Å². The van der Waals surface area contributed by atoms with Gasteiger partial charge in [0.15, 0.2) is 5.82 Å². The zero-order valence-electron chi connectivity index (χ0n) is 9.01. The fourth-order valence-electron chi connectivity index (χ4n) is 1.05. The molecule has 0 radical (unpaired) electrons. The highest BCUT2D eigenvalue weighted by atomic mass is 16.5. The van der Waals surface area contributed by atoms with Crippen LogP contribution in [-0.2, 0) is 11.2 Å². The minimum atomic E-state index is -0.567. The number of ether oxygens (including phenoxy) is 1. The lowest BCUT2D eigenvalue weighted by molar-refractivity contribution is 0.109. The van der Waals surface area contributed by atoms with Crippen LogP contribution in [0.1, 0.15) is 31.1 Å². The Morgan fingerprint density at radius 2 is 2.33 bits per heavy atom. The summed E-state index contributed by atoms with van der Waals surface area (Å²) in [7, 11) is 1.66. The van der Waals surface area contributed by atoms with Crippen molar-refractivity contribution in [3.63, 3.8) is 0 Å². The summed E-state index contributed by atoms with van der Waals surface area (Å²) >= 11 is 0. The van der Waals surface area contributed by atoms with E-state index in [1.165, 1.54) is 0 Å². The highest BCUT2D eigenvalue weighted by Gasteiger charge is 2.13. The Kier molecular flexibility index (Phi) is 4.67. The van der Waals surface area contributed by atoms with E-state index in [2.05, 4.69) is 10.1 Å². The van der Waals surface area contributed by atoms with Crippen molar-refractivity contribution >= 4 is 0 Å².